The van der Waals surface area contributed by atoms with Crippen molar-refractivity contribution in [2.45, 2.75) is 77.3 Å². The minimum atomic E-state index is -1.46. The van der Waals surface area contributed by atoms with Gasteiger partial charge in [0.05, 0.1) is 38.6 Å². The van der Waals surface area contributed by atoms with Crippen molar-refractivity contribution >= 4 is 23.0 Å². The Morgan fingerprint density at radius 1 is 0.685 bits per heavy atom. The second-order valence-corrected chi connectivity index (χ2v) is 15.2. The molecule has 0 fully saturated rings. The Morgan fingerprint density at radius 2 is 1.15 bits per heavy atom. The molecule has 3 atom stereocenters. The summed E-state index contributed by atoms with van der Waals surface area (Å²) in [6, 6.07) is 13.0. The number of carbonyl (C=O) groups excluding carboxylic acids is 2. The Balaban J connectivity index is 1.82. The molecule has 0 saturated heterocycles. The Bertz CT molecular complexity index is 1230. The summed E-state index contributed by atoms with van der Waals surface area (Å²) in [6.07, 6.45) is 0.396. The lowest BCUT2D eigenvalue weighted by atomic mass is 9.97. The number of hydrogen-bond acceptors (Lipinski definition) is 14. The molecule has 0 aliphatic carbocycles. The van der Waals surface area contributed by atoms with Gasteiger partial charge in [0, 0.05) is 43.8 Å². The minimum absolute atomic E-state index is 0.0486. The van der Waals surface area contributed by atoms with E-state index in [1.165, 1.54) is 27.7 Å². The normalized spacial score (nSPS) is 13.8. The van der Waals surface area contributed by atoms with Crippen molar-refractivity contribution in [2.24, 2.45) is 0 Å². The summed E-state index contributed by atoms with van der Waals surface area (Å²) in [4.78, 5) is 26.4. The maximum atomic E-state index is 12.2. The molecule has 0 spiro atoms. The monoisotopic (exact) mass is 784 g/mol. The first-order valence-electron chi connectivity index (χ1n) is 18.5. The van der Waals surface area contributed by atoms with Crippen molar-refractivity contribution in [3.05, 3.63) is 59.7 Å². The number of ether oxygens (including phenoxy) is 4. The molecule has 14 nitrogen and oxygen atoms in total. The average Bonchev–Trinajstić information content (AvgIpc) is 3.12. The smallest absolute Gasteiger partial charge is 0.314 e. The lowest BCUT2D eigenvalue weighted by molar-refractivity contribution is -0.0162. The van der Waals surface area contributed by atoms with E-state index in [2.05, 4.69) is 0 Å². The summed E-state index contributed by atoms with van der Waals surface area (Å²) in [7, 11) is 0. The zero-order chi connectivity index (χ0) is 40.0. The third-order valence-corrected chi connectivity index (χ3v) is 9.25. The highest BCUT2D eigenvalue weighted by Gasteiger charge is 2.27. The largest absolute Gasteiger partial charge is 0.491 e. The highest BCUT2D eigenvalue weighted by atomic mass is 32.2. The molecule has 2 aromatic rings. The first kappa shape index (κ1) is 47.5. The van der Waals surface area contributed by atoms with Crippen LogP contribution in [0.15, 0.2) is 48.5 Å². The summed E-state index contributed by atoms with van der Waals surface area (Å²) >= 11 is -0.698. The zero-order valence-electron chi connectivity index (χ0n) is 32.4. The number of nitrogens with zero attached hydrogens (tertiary/aromatic N) is 1. The van der Waals surface area contributed by atoms with E-state index < -0.39 is 34.9 Å². The lowest BCUT2D eigenvalue weighted by Gasteiger charge is -2.27. The van der Waals surface area contributed by atoms with Crippen molar-refractivity contribution in [3.8, 4) is 11.5 Å². The zero-order valence-corrected chi connectivity index (χ0v) is 33.3. The van der Waals surface area contributed by atoms with Crippen molar-refractivity contribution in [2.75, 3.05) is 84.8 Å². The second-order valence-electron chi connectivity index (χ2n) is 13.8. The summed E-state index contributed by atoms with van der Waals surface area (Å²) in [5.74, 6) is 0.951. The topological polar surface area (TPSA) is 194 Å². The summed E-state index contributed by atoms with van der Waals surface area (Å²) in [5.41, 5.74) is -2.16. The molecule has 0 aromatic heterocycles. The Labute approximate surface area is 323 Å². The number of unbranched alkanes of at least 4 members (excludes halogenated alkanes) is 1. The van der Waals surface area contributed by atoms with E-state index >= 15 is 0 Å². The van der Waals surface area contributed by atoms with Crippen LogP contribution in [-0.4, -0.2) is 150 Å². The second kappa shape index (κ2) is 25.5. The number of hydrogen-bond donors (Lipinski definition) is 5. The van der Waals surface area contributed by atoms with E-state index in [1.54, 1.807) is 48.5 Å². The van der Waals surface area contributed by atoms with Gasteiger partial charge in [-0.25, -0.2) is 0 Å². The summed E-state index contributed by atoms with van der Waals surface area (Å²) in [5, 5.41) is 50.5. The van der Waals surface area contributed by atoms with Crippen molar-refractivity contribution in [3.63, 3.8) is 0 Å². The Kier molecular flexibility index (Phi) is 22.4. The van der Waals surface area contributed by atoms with Crippen LogP contribution in [0.2, 0.25) is 0 Å². The molecule has 0 radical (unpaired) electrons. The van der Waals surface area contributed by atoms with Crippen LogP contribution in [0, 0.1) is 0 Å². The van der Waals surface area contributed by atoms with Gasteiger partial charge in [-0.15, -0.1) is 8.37 Å². The molecule has 0 aliphatic heterocycles. The highest BCUT2D eigenvalue weighted by Crippen LogP contribution is 2.18. The lowest BCUT2D eigenvalue weighted by Crippen LogP contribution is -2.42. The molecule has 54 heavy (non-hydrogen) atoms. The van der Waals surface area contributed by atoms with Gasteiger partial charge in [-0.2, -0.15) is 0 Å². The molecule has 306 valence electrons. The molecule has 2 rings (SSSR count). The average molecular weight is 785 g/mol. The Morgan fingerprint density at radius 3 is 1.56 bits per heavy atom. The van der Waals surface area contributed by atoms with E-state index in [9.17, 15) is 30.0 Å². The third-order valence-electron chi connectivity index (χ3n) is 7.70. The first-order valence-corrected chi connectivity index (χ1v) is 19.7. The molecule has 0 saturated carbocycles. The maximum Gasteiger partial charge on any atom is 0.314 e. The van der Waals surface area contributed by atoms with Gasteiger partial charge in [0.2, 0.25) is 0 Å². The molecule has 0 bridgehead atoms. The fraction of sp³-hybridized carbons (Fsp3) is 0.641. The van der Waals surface area contributed by atoms with Crippen LogP contribution in [0.5, 0.6) is 11.5 Å². The van der Waals surface area contributed by atoms with Crippen molar-refractivity contribution in [1.29, 1.82) is 0 Å². The van der Waals surface area contributed by atoms with Gasteiger partial charge >= 0.3 is 11.5 Å². The standard InChI is InChI=1S/C39H62NO13S/c1-6-52-54(53-20-8-7-19-41)25-9-18-40(26-32(42)28-48-21-23-50-34-14-10-30(11-15-34)36(44)38(2,3)46)27-33(43)29-49-22-24-51-35-16-12-31(13-17-35)37(45)39(4,5)47/h10-17,32-33,41-43,46-47H,6-9,18-29H2,1-5H3/q+1. The molecule has 0 aliphatic rings. The van der Waals surface area contributed by atoms with Gasteiger partial charge in [0.15, 0.2) is 17.3 Å². The number of benzene rings is 2. The summed E-state index contributed by atoms with van der Waals surface area (Å²) in [6.45, 7) is 10.8. The van der Waals surface area contributed by atoms with Crippen LogP contribution >= 0.6 is 0 Å². The minimum Gasteiger partial charge on any atom is -0.491 e. The first-order chi connectivity index (χ1) is 25.6. The number of ketones is 2. The SMILES string of the molecule is CCO[S+](CCCN(CC(O)COCCOc1ccc(C(=O)C(C)(C)O)cc1)CC(O)COCCOc1ccc(C(=O)C(C)(C)O)cc1)OCCCCO. The van der Waals surface area contributed by atoms with E-state index in [-0.39, 0.29) is 70.9 Å². The maximum absolute atomic E-state index is 12.2. The van der Waals surface area contributed by atoms with Gasteiger partial charge in [-0.1, -0.05) is 0 Å². The van der Waals surface area contributed by atoms with Gasteiger partial charge in [-0.05, 0) is 96.0 Å². The van der Waals surface area contributed by atoms with Crippen LogP contribution in [0.4, 0.5) is 0 Å². The fourth-order valence-corrected chi connectivity index (χ4v) is 6.24. The molecule has 0 amide bonds. The number of rotatable bonds is 31. The Hall–Kier alpha value is -2.67. The van der Waals surface area contributed by atoms with E-state index in [4.69, 9.17) is 32.4 Å². The third kappa shape index (κ3) is 19.8. The number of carbonyl (C=O) groups is 2. The number of Topliss-reactive ketones (excluding diaryl/α,β-unsaturated/α-hetero) is 2. The van der Waals surface area contributed by atoms with Gasteiger partial charge in [-0.3, -0.25) is 14.5 Å². The van der Waals surface area contributed by atoms with Crippen LogP contribution in [0.3, 0.4) is 0 Å². The predicted molar refractivity (Wildman–Crippen MR) is 206 cm³/mol. The van der Waals surface area contributed by atoms with E-state index in [0.29, 0.717) is 61.0 Å². The number of aliphatic hydroxyl groups excluding tert-OH is 3. The van der Waals surface area contributed by atoms with Gasteiger partial charge in [0.25, 0.3) is 0 Å². The van der Waals surface area contributed by atoms with Crippen molar-refractivity contribution in [1.82, 2.24) is 4.90 Å². The molecule has 5 N–H and O–H groups in total. The summed E-state index contributed by atoms with van der Waals surface area (Å²) < 4.78 is 34.3. The molecular weight excluding hydrogens is 722 g/mol. The van der Waals surface area contributed by atoms with E-state index in [1.807, 2.05) is 11.8 Å². The van der Waals surface area contributed by atoms with Crippen LogP contribution < -0.4 is 9.47 Å². The van der Waals surface area contributed by atoms with Crippen LogP contribution in [0.25, 0.3) is 0 Å². The van der Waals surface area contributed by atoms with Crippen LogP contribution in [-0.2, 0) is 29.3 Å². The van der Waals surface area contributed by atoms with Gasteiger partial charge < -0.3 is 44.5 Å². The predicted octanol–water partition coefficient (Wildman–Crippen LogP) is 2.77. The molecular formula is C39H62NO13S+. The van der Waals surface area contributed by atoms with Crippen LogP contribution in [0.1, 0.15) is 74.6 Å². The quantitative estimate of drug-likeness (QED) is 0.0426. The fourth-order valence-electron chi connectivity index (χ4n) is 5.00. The molecule has 15 heteroatoms. The van der Waals surface area contributed by atoms with Gasteiger partial charge in [0.1, 0.15) is 49.1 Å². The molecule has 2 aromatic carbocycles. The molecule has 0 heterocycles. The van der Waals surface area contributed by atoms with E-state index in [0.717, 1.165) is 6.42 Å². The van der Waals surface area contributed by atoms with Crippen molar-refractivity contribution < 1.29 is 62.4 Å². The molecule has 3 unspecified atom stereocenters. The highest BCUT2D eigenvalue weighted by molar-refractivity contribution is 7.87. The number of aliphatic hydroxyl groups is 5.